The van der Waals surface area contributed by atoms with E-state index in [2.05, 4.69) is 39.0 Å². The van der Waals surface area contributed by atoms with Crippen LogP contribution in [-0.2, 0) is 0 Å². The lowest BCUT2D eigenvalue weighted by atomic mass is 10.2. The van der Waals surface area contributed by atoms with Gasteiger partial charge < -0.3 is 25.7 Å². The van der Waals surface area contributed by atoms with Gasteiger partial charge in [0.2, 0.25) is 0 Å². The molecule has 0 bridgehead atoms. The van der Waals surface area contributed by atoms with Crippen LogP contribution in [0.15, 0.2) is 36.5 Å². The molecule has 3 aromatic rings. The van der Waals surface area contributed by atoms with Gasteiger partial charge in [-0.3, -0.25) is 0 Å². The van der Waals surface area contributed by atoms with Gasteiger partial charge in [0.1, 0.15) is 17.2 Å². The van der Waals surface area contributed by atoms with Crippen LogP contribution in [-0.4, -0.2) is 52.1 Å². The molecule has 8 heteroatoms. The minimum atomic E-state index is -0.867. The monoisotopic (exact) mass is 382 g/mol. The number of pyridine rings is 1. The van der Waals surface area contributed by atoms with E-state index in [1.54, 1.807) is 18.3 Å². The van der Waals surface area contributed by atoms with E-state index in [9.17, 15) is 4.79 Å². The van der Waals surface area contributed by atoms with Gasteiger partial charge in [0, 0.05) is 12.7 Å². The SMILES string of the molecule is CCN(CC)CCCNc1ncccc1-c1nc2c(OC(N)=O)cccc2[nH]1. The molecule has 1 aromatic carbocycles. The van der Waals surface area contributed by atoms with Gasteiger partial charge >= 0.3 is 6.09 Å². The quantitative estimate of drug-likeness (QED) is 0.490. The Morgan fingerprint density at radius 3 is 2.82 bits per heavy atom. The fourth-order valence-electron chi connectivity index (χ4n) is 3.11. The summed E-state index contributed by atoms with van der Waals surface area (Å²) in [4.78, 5) is 25.8. The first-order chi connectivity index (χ1) is 13.6. The first-order valence-electron chi connectivity index (χ1n) is 9.50. The number of anilines is 1. The smallest absolute Gasteiger partial charge is 0.408 e. The second kappa shape index (κ2) is 9.18. The molecule has 2 aromatic heterocycles. The van der Waals surface area contributed by atoms with Crippen molar-refractivity contribution in [2.24, 2.45) is 5.73 Å². The van der Waals surface area contributed by atoms with Crippen molar-refractivity contribution >= 4 is 22.9 Å². The molecule has 0 aliphatic rings. The Bertz CT molecular complexity index is 935. The number of amides is 1. The minimum absolute atomic E-state index is 0.324. The number of nitrogens with zero attached hydrogens (tertiary/aromatic N) is 3. The third kappa shape index (κ3) is 4.58. The molecule has 3 rings (SSSR count). The van der Waals surface area contributed by atoms with E-state index >= 15 is 0 Å². The van der Waals surface area contributed by atoms with Crippen LogP contribution in [0.3, 0.4) is 0 Å². The van der Waals surface area contributed by atoms with Crippen LogP contribution in [0.4, 0.5) is 10.6 Å². The number of primary amides is 1. The number of aromatic amines is 1. The Kier molecular flexibility index (Phi) is 6.44. The van der Waals surface area contributed by atoms with Crippen molar-refractivity contribution in [3.05, 3.63) is 36.5 Å². The minimum Gasteiger partial charge on any atom is -0.408 e. The summed E-state index contributed by atoms with van der Waals surface area (Å²) in [5.74, 6) is 1.73. The number of nitrogens with one attached hydrogen (secondary N) is 2. The lowest BCUT2D eigenvalue weighted by Crippen LogP contribution is -2.25. The number of benzene rings is 1. The van der Waals surface area contributed by atoms with Gasteiger partial charge in [0.25, 0.3) is 0 Å². The molecule has 0 unspecified atom stereocenters. The number of carbonyl (C=O) groups is 1. The molecule has 0 atom stereocenters. The number of aromatic nitrogens is 3. The first kappa shape index (κ1) is 19.6. The number of hydrogen-bond acceptors (Lipinski definition) is 6. The largest absolute Gasteiger partial charge is 0.410 e. The summed E-state index contributed by atoms with van der Waals surface area (Å²) >= 11 is 0. The zero-order valence-corrected chi connectivity index (χ0v) is 16.2. The Morgan fingerprint density at radius 2 is 2.07 bits per heavy atom. The zero-order chi connectivity index (χ0) is 19.9. The second-order valence-corrected chi connectivity index (χ2v) is 6.37. The number of hydrogen-bond donors (Lipinski definition) is 3. The van der Waals surface area contributed by atoms with Gasteiger partial charge in [0.05, 0.1) is 11.1 Å². The number of carbonyl (C=O) groups excluding carboxylic acids is 1. The molecule has 0 radical (unpaired) electrons. The average molecular weight is 382 g/mol. The van der Waals surface area contributed by atoms with Crippen LogP contribution in [0.1, 0.15) is 20.3 Å². The molecule has 0 aliphatic carbocycles. The van der Waals surface area contributed by atoms with E-state index in [0.717, 1.165) is 49.5 Å². The van der Waals surface area contributed by atoms with Crippen molar-refractivity contribution in [2.45, 2.75) is 20.3 Å². The summed E-state index contributed by atoms with van der Waals surface area (Å²) in [6, 6.07) is 9.12. The van der Waals surface area contributed by atoms with Gasteiger partial charge in [-0.25, -0.2) is 14.8 Å². The van der Waals surface area contributed by atoms with Crippen molar-refractivity contribution in [1.82, 2.24) is 19.9 Å². The maximum Gasteiger partial charge on any atom is 0.410 e. The topological polar surface area (TPSA) is 109 Å². The fraction of sp³-hybridized carbons (Fsp3) is 0.350. The van der Waals surface area contributed by atoms with E-state index < -0.39 is 6.09 Å². The third-order valence-corrected chi connectivity index (χ3v) is 4.59. The summed E-state index contributed by atoms with van der Waals surface area (Å²) < 4.78 is 5.05. The summed E-state index contributed by atoms with van der Waals surface area (Å²) in [5.41, 5.74) is 7.30. The number of nitrogens with two attached hydrogens (primary N) is 1. The van der Waals surface area contributed by atoms with E-state index in [1.165, 1.54) is 0 Å². The van der Waals surface area contributed by atoms with Gasteiger partial charge in [-0.05, 0) is 50.3 Å². The Morgan fingerprint density at radius 1 is 1.25 bits per heavy atom. The highest BCUT2D eigenvalue weighted by Crippen LogP contribution is 2.30. The maximum atomic E-state index is 11.1. The van der Waals surface area contributed by atoms with Crippen LogP contribution < -0.4 is 15.8 Å². The standard InChI is InChI=1S/C20H26N6O2/c1-3-26(4-2)13-7-12-23-18-14(8-6-11-22-18)19-24-15-9-5-10-16(17(15)25-19)28-20(21)27/h5-6,8-11H,3-4,7,12-13H2,1-2H3,(H2,21,27)(H,22,23)(H,24,25). The van der Waals surface area contributed by atoms with Crippen molar-refractivity contribution in [3.8, 4) is 17.1 Å². The molecule has 28 heavy (non-hydrogen) atoms. The normalized spacial score (nSPS) is 11.1. The van der Waals surface area contributed by atoms with Gasteiger partial charge in [-0.15, -0.1) is 0 Å². The average Bonchev–Trinajstić information content (AvgIpc) is 3.13. The molecule has 0 fully saturated rings. The number of fused-ring (bicyclic) bond motifs is 1. The Hall–Kier alpha value is -3.13. The highest BCUT2D eigenvalue weighted by Gasteiger charge is 2.14. The predicted octanol–water partition coefficient (Wildman–Crippen LogP) is 3.23. The summed E-state index contributed by atoms with van der Waals surface area (Å²) in [6.45, 7) is 8.31. The van der Waals surface area contributed by atoms with E-state index in [0.29, 0.717) is 17.1 Å². The van der Waals surface area contributed by atoms with Crippen LogP contribution >= 0.6 is 0 Å². The zero-order valence-electron chi connectivity index (χ0n) is 16.2. The fourth-order valence-corrected chi connectivity index (χ4v) is 3.11. The van der Waals surface area contributed by atoms with Crippen molar-refractivity contribution in [2.75, 3.05) is 31.5 Å². The molecule has 0 aliphatic heterocycles. The van der Waals surface area contributed by atoms with Gasteiger partial charge in [0.15, 0.2) is 5.75 Å². The summed E-state index contributed by atoms with van der Waals surface area (Å²) in [5, 5.41) is 3.40. The Balaban J connectivity index is 1.79. The molecule has 0 saturated carbocycles. The molecular weight excluding hydrogens is 356 g/mol. The van der Waals surface area contributed by atoms with Crippen LogP contribution in [0.5, 0.6) is 5.75 Å². The van der Waals surface area contributed by atoms with Crippen LogP contribution in [0, 0.1) is 0 Å². The molecule has 148 valence electrons. The summed E-state index contributed by atoms with van der Waals surface area (Å²) in [6.07, 6.45) is 1.91. The van der Waals surface area contributed by atoms with Crippen LogP contribution in [0.25, 0.3) is 22.4 Å². The van der Waals surface area contributed by atoms with Gasteiger partial charge in [-0.2, -0.15) is 0 Å². The molecule has 1 amide bonds. The highest BCUT2D eigenvalue weighted by atomic mass is 16.5. The molecular formula is C20H26N6O2. The third-order valence-electron chi connectivity index (χ3n) is 4.59. The van der Waals surface area contributed by atoms with Crippen molar-refractivity contribution < 1.29 is 9.53 Å². The lowest BCUT2D eigenvalue weighted by molar-refractivity contribution is 0.211. The van der Waals surface area contributed by atoms with E-state index in [1.807, 2.05) is 18.2 Å². The lowest BCUT2D eigenvalue weighted by Gasteiger charge is -2.18. The van der Waals surface area contributed by atoms with Crippen molar-refractivity contribution in [1.29, 1.82) is 0 Å². The van der Waals surface area contributed by atoms with E-state index in [4.69, 9.17) is 10.5 Å². The summed E-state index contributed by atoms with van der Waals surface area (Å²) in [7, 11) is 0. The first-order valence-corrected chi connectivity index (χ1v) is 9.50. The second-order valence-electron chi connectivity index (χ2n) is 6.37. The number of H-pyrrole nitrogens is 1. The van der Waals surface area contributed by atoms with E-state index in [-0.39, 0.29) is 0 Å². The number of rotatable bonds is 9. The number of imidazole rings is 1. The maximum absolute atomic E-state index is 11.1. The predicted molar refractivity (Wildman–Crippen MR) is 110 cm³/mol. The molecule has 0 saturated heterocycles. The Labute approximate surface area is 164 Å². The van der Waals surface area contributed by atoms with Gasteiger partial charge in [-0.1, -0.05) is 19.9 Å². The molecule has 2 heterocycles. The molecule has 8 nitrogen and oxygen atoms in total. The number of para-hydroxylation sites is 1. The number of ether oxygens (including phenoxy) is 1. The van der Waals surface area contributed by atoms with Crippen molar-refractivity contribution in [3.63, 3.8) is 0 Å². The molecule has 4 N–H and O–H groups in total. The van der Waals surface area contributed by atoms with Crippen LogP contribution in [0.2, 0.25) is 0 Å². The highest BCUT2D eigenvalue weighted by molar-refractivity contribution is 5.88. The molecule has 0 spiro atoms.